The first-order chi connectivity index (χ1) is 19.3. The lowest BCUT2D eigenvalue weighted by Gasteiger charge is -2.36. The number of aromatic nitrogens is 1. The van der Waals surface area contributed by atoms with Gasteiger partial charge in [0.05, 0.1) is 18.4 Å². The van der Waals surface area contributed by atoms with Gasteiger partial charge in [0.2, 0.25) is 0 Å². The fourth-order valence-electron chi connectivity index (χ4n) is 5.65. The van der Waals surface area contributed by atoms with Crippen molar-refractivity contribution in [3.8, 4) is 5.75 Å². The topological polar surface area (TPSA) is 132 Å². The molecule has 4 aromatic rings. The van der Waals surface area contributed by atoms with E-state index in [0.29, 0.717) is 12.2 Å². The van der Waals surface area contributed by atoms with Crippen LogP contribution in [0.5, 0.6) is 5.75 Å². The number of urea groups is 1. The van der Waals surface area contributed by atoms with E-state index in [1.807, 2.05) is 48.5 Å². The summed E-state index contributed by atoms with van der Waals surface area (Å²) in [6.07, 6.45) is 0.297. The Morgan fingerprint density at radius 1 is 1.05 bits per heavy atom. The molecule has 0 saturated carbocycles. The normalized spacial score (nSPS) is 18.9. The van der Waals surface area contributed by atoms with E-state index in [4.69, 9.17) is 4.74 Å². The molecule has 10 heteroatoms. The van der Waals surface area contributed by atoms with E-state index >= 15 is 0 Å². The highest BCUT2D eigenvalue weighted by Crippen LogP contribution is 2.45. The van der Waals surface area contributed by atoms with Gasteiger partial charge >= 0.3 is 12.0 Å². The lowest BCUT2D eigenvalue weighted by molar-refractivity contribution is -0.138. The van der Waals surface area contributed by atoms with Gasteiger partial charge in [-0.1, -0.05) is 42.5 Å². The number of carboxylic acid groups (broad SMARTS) is 1. The summed E-state index contributed by atoms with van der Waals surface area (Å²) in [5, 5.41) is 12.6. The van der Waals surface area contributed by atoms with Crippen LogP contribution in [0.15, 0.2) is 72.8 Å². The molecule has 2 aliphatic rings. The van der Waals surface area contributed by atoms with Crippen LogP contribution < -0.4 is 15.0 Å². The first-order valence-electron chi connectivity index (χ1n) is 12.8. The Balaban J connectivity index is 1.47. The van der Waals surface area contributed by atoms with E-state index in [1.54, 1.807) is 24.1 Å². The average molecular weight is 539 g/mol. The minimum atomic E-state index is -1.20. The Hall–Kier alpha value is -5.12. The molecule has 2 aliphatic heterocycles. The van der Waals surface area contributed by atoms with Crippen LogP contribution in [0.3, 0.4) is 0 Å². The van der Waals surface area contributed by atoms with Crippen LogP contribution in [-0.4, -0.2) is 58.0 Å². The Kier molecular flexibility index (Phi) is 6.02. The van der Waals surface area contributed by atoms with Gasteiger partial charge in [0.15, 0.2) is 0 Å². The van der Waals surface area contributed by atoms with Crippen LogP contribution in [0.25, 0.3) is 10.9 Å². The molecule has 1 saturated heterocycles. The molecular formula is C30H26N4O6. The molecule has 6 rings (SSSR count). The number of carbonyl (C=O) groups is 4. The molecule has 4 amide bonds. The standard InChI is InChI=1S/C30H26N4O6/c1-16(29(37)38)31-27(35)20-11-4-6-13-23(20)34-28(36)24-15-21-19-10-3-5-12-22(19)32-25(21)26(33(24)30(34)39)17-8-7-9-18(14-17)40-2/h3-14,16,24,26,32H,15H2,1-2H3,(H,31,35)(H,37,38)/t16-,24-,26?/m0/s1. The van der Waals surface area contributed by atoms with Crippen molar-refractivity contribution in [3.63, 3.8) is 0 Å². The van der Waals surface area contributed by atoms with Crippen molar-refractivity contribution in [1.82, 2.24) is 15.2 Å². The van der Waals surface area contributed by atoms with Crippen molar-refractivity contribution >= 4 is 40.4 Å². The lowest BCUT2D eigenvalue weighted by atomic mass is 9.89. The average Bonchev–Trinajstić information content (AvgIpc) is 3.45. The number of nitrogens with zero attached hydrogens (tertiary/aromatic N) is 2. The van der Waals surface area contributed by atoms with Gasteiger partial charge in [-0.25, -0.2) is 9.69 Å². The lowest BCUT2D eigenvalue weighted by Crippen LogP contribution is -2.44. The first-order valence-corrected chi connectivity index (χ1v) is 12.8. The molecule has 0 radical (unpaired) electrons. The fraction of sp³-hybridized carbons (Fsp3) is 0.200. The van der Waals surface area contributed by atoms with Gasteiger partial charge in [0.1, 0.15) is 23.9 Å². The van der Waals surface area contributed by atoms with Crippen LogP contribution in [-0.2, 0) is 16.0 Å². The third-order valence-corrected chi connectivity index (χ3v) is 7.57. The van der Waals surface area contributed by atoms with Crippen LogP contribution in [0, 0.1) is 0 Å². The summed E-state index contributed by atoms with van der Waals surface area (Å²) < 4.78 is 5.46. The second kappa shape index (κ2) is 9.57. The number of benzene rings is 3. The Labute approximate surface area is 229 Å². The number of rotatable bonds is 6. The van der Waals surface area contributed by atoms with Crippen molar-refractivity contribution in [2.45, 2.75) is 31.5 Å². The van der Waals surface area contributed by atoms with E-state index < -0.39 is 41.9 Å². The predicted molar refractivity (Wildman–Crippen MR) is 146 cm³/mol. The second-order valence-corrected chi connectivity index (χ2v) is 9.88. The number of hydrogen-bond acceptors (Lipinski definition) is 5. The smallest absolute Gasteiger partial charge is 0.332 e. The summed E-state index contributed by atoms with van der Waals surface area (Å²) in [5.74, 6) is -1.75. The van der Waals surface area contributed by atoms with Gasteiger partial charge in [-0.15, -0.1) is 0 Å². The summed E-state index contributed by atoms with van der Waals surface area (Å²) in [7, 11) is 1.57. The molecule has 40 heavy (non-hydrogen) atoms. The molecule has 0 aliphatic carbocycles. The maximum Gasteiger partial charge on any atom is 0.332 e. The number of aromatic amines is 1. The molecule has 1 aromatic heterocycles. The third kappa shape index (κ3) is 3.87. The highest BCUT2D eigenvalue weighted by molar-refractivity contribution is 6.24. The number of methoxy groups -OCH3 is 1. The van der Waals surface area contributed by atoms with Gasteiger partial charge in [-0.05, 0) is 48.4 Å². The summed E-state index contributed by atoms with van der Waals surface area (Å²) in [5.41, 5.74) is 3.57. The van der Waals surface area contributed by atoms with Crippen LogP contribution in [0.1, 0.15) is 40.1 Å². The molecule has 3 N–H and O–H groups in total. The van der Waals surface area contributed by atoms with Crippen molar-refractivity contribution in [3.05, 3.63) is 95.2 Å². The quantitative estimate of drug-likeness (QED) is 0.320. The molecule has 3 aromatic carbocycles. The summed E-state index contributed by atoms with van der Waals surface area (Å²) >= 11 is 0. The van der Waals surface area contributed by atoms with Gasteiger partial charge in [0.25, 0.3) is 11.8 Å². The number of H-pyrrole nitrogens is 1. The highest BCUT2D eigenvalue weighted by Gasteiger charge is 2.53. The summed E-state index contributed by atoms with van der Waals surface area (Å²) in [6.45, 7) is 1.34. The number of carboxylic acids is 1. The fourth-order valence-corrected chi connectivity index (χ4v) is 5.65. The minimum Gasteiger partial charge on any atom is -0.497 e. The van der Waals surface area contributed by atoms with Crippen LogP contribution in [0.4, 0.5) is 10.5 Å². The number of fused-ring (bicyclic) bond motifs is 4. The number of carbonyl (C=O) groups excluding carboxylic acids is 3. The zero-order valence-corrected chi connectivity index (χ0v) is 21.8. The molecule has 3 atom stereocenters. The number of aliphatic carboxylic acids is 1. The molecule has 3 heterocycles. The van der Waals surface area contributed by atoms with E-state index in [2.05, 4.69) is 10.3 Å². The Morgan fingerprint density at radius 3 is 2.58 bits per heavy atom. The summed E-state index contributed by atoms with van der Waals surface area (Å²) in [6, 6.07) is 18.2. The highest BCUT2D eigenvalue weighted by atomic mass is 16.5. The van der Waals surface area contributed by atoms with Gasteiger partial charge < -0.3 is 20.1 Å². The SMILES string of the molecule is COc1cccc(C2c3[nH]c4ccccc4c3C[C@H]3C(=O)N(c4ccccc4C(=O)N[C@@H](C)C(=O)O)C(=O)N23)c1. The van der Waals surface area contributed by atoms with E-state index in [0.717, 1.165) is 32.6 Å². The Morgan fingerprint density at radius 2 is 1.80 bits per heavy atom. The Bertz CT molecular complexity index is 1690. The van der Waals surface area contributed by atoms with Crippen molar-refractivity contribution < 1.29 is 29.0 Å². The predicted octanol–water partition coefficient (Wildman–Crippen LogP) is 3.86. The number of nitrogens with one attached hydrogen (secondary N) is 2. The van der Waals surface area contributed by atoms with Crippen LogP contribution in [0.2, 0.25) is 0 Å². The molecule has 1 fully saturated rings. The zero-order valence-electron chi connectivity index (χ0n) is 21.8. The van der Waals surface area contributed by atoms with Gasteiger partial charge in [-0.2, -0.15) is 0 Å². The van der Waals surface area contributed by atoms with Gasteiger partial charge in [-0.3, -0.25) is 19.3 Å². The molecule has 0 spiro atoms. The molecular weight excluding hydrogens is 512 g/mol. The van der Waals surface area contributed by atoms with Crippen LogP contribution >= 0.6 is 0 Å². The molecule has 10 nitrogen and oxygen atoms in total. The second-order valence-electron chi connectivity index (χ2n) is 9.88. The number of ether oxygens (including phenoxy) is 1. The van der Waals surface area contributed by atoms with Gasteiger partial charge in [0, 0.05) is 23.0 Å². The minimum absolute atomic E-state index is 0.0269. The molecule has 1 unspecified atom stereocenters. The number of hydrogen-bond donors (Lipinski definition) is 3. The number of anilines is 1. The number of para-hydroxylation sites is 2. The first kappa shape index (κ1) is 25.2. The van der Waals surface area contributed by atoms with E-state index in [-0.39, 0.29) is 11.3 Å². The van der Waals surface area contributed by atoms with Crippen molar-refractivity contribution in [1.29, 1.82) is 0 Å². The third-order valence-electron chi connectivity index (χ3n) is 7.57. The number of amides is 4. The zero-order chi connectivity index (χ0) is 28.1. The molecule has 202 valence electrons. The monoisotopic (exact) mass is 538 g/mol. The number of imide groups is 1. The summed E-state index contributed by atoms with van der Waals surface area (Å²) in [4.78, 5) is 58.7. The largest absolute Gasteiger partial charge is 0.497 e. The van der Waals surface area contributed by atoms with E-state index in [1.165, 1.54) is 19.1 Å². The maximum absolute atomic E-state index is 14.2. The van der Waals surface area contributed by atoms with Crippen molar-refractivity contribution in [2.24, 2.45) is 0 Å². The van der Waals surface area contributed by atoms with Crippen molar-refractivity contribution in [2.75, 3.05) is 12.0 Å². The maximum atomic E-state index is 14.2. The molecule has 0 bridgehead atoms. The van der Waals surface area contributed by atoms with E-state index in [9.17, 15) is 24.3 Å².